The van der Waals surface area contributed by atoms with E-state index >= 15 is 0 Å². The van der Waals surface area contributed by atoms with Gasteiger partial charge < -0.3 is 9.79 Å². The molecule has 0 amide bonds. The van der Waals surface area contributed by atoms with Crippen LogP contribution in [-0.2, 0) is 4.57 Å². The molecule has 0 bridgehead atoms. The summed E-state index contributed by atoms with van der Waals surface area (Å²) in [6.07, 6.45) is 7.37. The maximum Gasteiger partial charge on any atom is 0.335 e. The van der Waals surface area contributed by atoms with Crippen molar-refractivity contribution in [3.05, 3.63) is 0 Å². The van der Waals surface area contributed by atoms with E-state index in [1.54, 1.807) is 0 Å². The van der Waals surface area contributed by atoms with Gasteiger partial charge in [0.1, 0.15) is 0 Å². The quantitative estimate of drug-likeness (QED) is 0.480. The van der Waals surface area contributed by atoms with E-state index in [2.05, 4.69) is 6.92 Å². The Kier molecular flexibility index (Phi) is 9.09. The van der Waals surface area contributed by atoms with Crippen molar-refractivity contribution in [2.24, 2.45) is 0 Å². The fraction of sp³-hybridized carbons (Fsp3) is 1.00. The maximum absolute atomic E-state index is 10.5. The van der Waals surface area contributed by atoms with Gasteiger partial charge in [-0.3, -0.25) is 4.57 Å². The second-order valence-electron chi connectivity index (χ2n) is 3.47. The van der Waals surface area contributed by atoms with Crippen LogP contribution in [0.1, 0.15) is 45.4 Å². The smallest absolute Gasteiger partial charge is 0.324 e. The predicted molar refractivity (Wildman–Crippen MR) is 62.7 cm³/mol. The van der Waals surface area contributed by atoms with E-state index in [-0.39, 0.29) is 5.49 Å². The molecule has 0 rings (SSSR count). The Morgan fingerprint density at radius 3 is 2.21 bits per heavy atom. The van der Waals surface area contributed by atoms with Crippen LogP contribution in [0, 0.1) is 0 Å². The average Bonchev–Trinajstić information content (AvgIpc) is 2.08. The van der Waals surface area contributed by atoms with Crippen molar-refractivity contribution in [1.29, 1.82) is 0 Å². The molecule has 86 valence electrons. The molecule has 0 heterocycles. The third-order valence-corrected chi connectivity index (χ3v) is 4.55. The first-order chi connectivity index (χ1) is 6.56. The Balaban J connectivity index is 3.03. The summed E-state index contributed by atoms with van der Waals surface area (Å²) < 4.78 is 10.5. The zero-order valence-electron chi connectivity index (χ0n) is 8.81. The maximum atomic E-state index is 10.5. The van der Waals surface area contributed by atoms with Crippen molar-refractivity contribution >= 4 is 19.4 Å². The van der Waals surface area contributed by atoms with Crippen LogP contribution in [0.25, 0.3) is 0 Å². The predicted octanol–water partition coefficient (Wildman–Crippen LogP) is 3.22. The Morgan fingerprint density at radius 1 is 1.07 bits per heavy atom. The topological polar surface area (TPSA) is 57.5 Å². The molecule has 0 aliphatic carbocycles. The highest BCUT2D eigenvalue weighted by atomic mass is 32.2. The molecule has 0 atom stereocenters. The summed E-state index contributed by atoms with van der Waals surface area (Å²) in [5.74, 6) is 0.872. The summed E-state index contributed by atoms with van der Waals surface area (Å²) in [4.78, 5) is 17.2. The lowest BCUT2D eigenvalue weighted by Gasteiger charge is -2.03. The largest absolute Gasteiger partial charge is 0.335 e. The SMILES string of the molecule is CCCCCCCCSCP(=O)(O)O. The number of thioether (sulfide) groups is 1. The molecule has 0 aromatic rings. The Morgan fingerprint density at radius 2 is 1.64 bits per heavy atom. The fourth-order valence-electron chi connectivity index (χ4n) is 1.17. The summed E-state index contributed by atoms with van der Waals surface area (Å²) in [6, 6.07) is 0. The van der Waals surface area contributed by atoms with Crippen molar-refractivity contribution < 1.29 is 14.4 Å². The van der Waals surface area contributed by atoms with Gasteiger partial charge in [0.25, 0.3) is 0 Å². The molecule has 0 saturated heterocycles. The van der Waals surface area contributed by atoms with Gasteiger partial charge in [-0.25, -0.2) is 0 Å². The van der Waals surface area contributed by atoms with E-state index in [1.807, 2.05) is 0 Å². The van der Waals surface area contributed by atoms with Crippen LogP contribution >= 0.6 is 19.4 Å². The molecule has 0 unspecified atom stereocenters. The van der Waals surface area contributed by atoms with E-state index in [4.69, 9.17) is 9.79 Å². The van der Waals surface area contributed by atoms with Gasteiger partial charge in [-0.2, -0.15) is 0 Å². The van der Waals surface area contributed by atoms with Crippen LogP contribution < -0.4 is 0 Å². The highest BCUT2D eigenvalue weighted by molar-refractivity contribution is 8.04. The third kappa shape index (κ3) is 12.5. The summed E-state index contributed by atoms with van der Waals surface area (Å²) in [7, 11) is -3.77. The van der Waals surface area contributed by atoms with Gasteiger partial charge in [-0.05, 0) is 12.2 Å². The third-order valence-electron chi connectivity index (χ3n) is 1.90. The molecule has 0 saturated carbocycles. The molecule has 0 aliphatic heterocycles. The van der Waals surface area contributed by atoms with Crippen LogP contribution in [0.2, 0.25) is 0 Å². The molecule has 0 radical (unpaired) electrons. The zero-order chi connectivity index (χ0) is 10.9. The van der Waals surface area contributed by atoms with Crippen LogP contribution in [-0.4, -0.2) is 21.0 Å². The zero-order valence-corrected chi connectivity index (χ0v) is 10.5. The summed E-state index contributed by atoms with van der Waals surface area (Å²) in [5, 5.41) is 0. The molecular formula is C9H21O3PS. The van der Waals surface area contributed by atoms with E-state index in [0.29, 0.717) is 0 Å². The monoisotopic (exact) mass is 240 g/mol. The molecule has 14 heavy (non-hydrogen) atoms. The minimum absolute atomic E-state index is 0.0258. The second kappa shape index (κ2) is 8.78. The van der Waals surface area contributed by atoms with Crippen LogP contribution in [0.4, 0.5) is 0 Å². The number of hydrogen-bond acceptors (Lipinski definition) is 2. The highest BCUT2D eigenvalue weighted by Gasteiger charge is 2.11. The van der Waals surface area contributed by atoms with Crippen LogP contribution in [0.15, 0.2) is 0 Å². The lowest BCUT2D eigenvalue weighted by atomic mass is 10.1. The number of hydrogen-bond donors (Lipinski definition) is 2. The van der Waals surface area contributed by atoms with Gasteiger partial charge in [0, 0.05) is 0 Å². The van der Waals surface area contributed by atoms with Crippen molar-refractivity contribution in [2.75, 3.05) is 11.2 Å². The van der Waals surface area contributed by atoms with Gasteiger partial charge >= 0.3 is 7.60 Å². The normalized spacial score (nSPS) is 11.9. The van der Waals surface area contributed by atoms with Gasteiger partial charge in [0.2, 0.25) is 0 Å². The average molecular weight is 240 g/mol. The summed E-state index contributed by atoms with van der Waals surface area (Å²) in [5.41, 5.74) is -0.0258. The van der Waals surface area contributed by atoms with Gasteiger partial charge in [0.15, 0.2) is 0 Å². The standard InChI is InChI=1S/C9H21O3PS/c1-2-3-4-5-6-7-8-14-9-13(10,11)12/h2-9H2,1H3,(H2,10,11,12). The Bertz CT molecular complexity index is 169. The number of rotatable bonds is 9. The lowest BCUT2D eigenvalue weighted by molar-refractivity contribution is 0.379. The van der Waals surface area contributed by atoms with Crippen molar-refractivity contribution in [1.82, 2.24) is 0 Å². The van der Waals surface area contributed by atoms with E-state index in [1.165, 1.54) is 43.9 Å². The lowest BCUT2D eigenvalue weighted by Crippen LogP contribution is -1.86. The molecule has 5 heteroatoms. The Hall–Kier alpha value is 0.500. The molecule has 0 fully saturated rings. The first-order valence-electron chi connectivity index (χ1n) is 5.18. The molecule has 0 aliphatic rings. The van der Waals surface area contributed by atoms with Crippen molar-refractivity contribution in [3.8, 4) is 0 Å². The van der Waals surface area contributed by atoms with E-state index < -0.39 is 7.60 Å². The van der Waals surface area contributed by atoms with Crippen LogP contribution in [0.5, 0.6) is 0 Å². The van der Waals surface area contributed by atoms with Gasteiger partial charge in [0.05, 0.1) is 5.49 Å². The minimum atomic E-state index is -3.77. The molecule has 2 N–H and O–H groups in total. The first-order valence-corrected chi connectivity index (χ1v) is 8.14. The first kappa shape index (κ1) is 14.5. The van der Waals surface area contributed by atoms with Crippen molar-refractivity contribution in [3.63, 3.8) is 0 Å². The molecule has 0 aromatic carbocycles. The van der Waals surface area contributed by atoms with Gasteiger partial charge in [-0.15, -0.1) is 11.8 Å². The second-order valence-corrected chi connectivity index (χ2v) is 6.65. The molecule has 3 nitrogen and oxygen atoms in total. The van der Waals surface area contributed by atoms with E-state index in [0.717, 1.165) is 12.2 Å². The molecule has 0 spiro atoms. The fourth-order valence-corrected chi connectivity index (χ4v) is 3.04. The van der Waals surface area contributed by atoms with Crippen LogP contribution in [0.3, 0.4) is 0 Å². The van der Waals surface area contributed by atoms with Gasteiger partial charge in [-0.1, -0.05) is 39.0 Å². The molecular weight excluding hydrogens is 219 g/mol. The minimum Gasteiger partial charge on any atom is -0.324 e. The van der Waals surface area contributed by atoms with E-state index in [9.17, 15) is 4.57 Å². The summed E-state index contributed by atoms with van der Waals surface area (Å²) in [6.45, 7) is 2.19. The Labute approximate surface area is 90.8 Å². The highest BCUT2D eigenvalue weighted by Crippen LogP contribution is 2.38. The molecule has 0 aromatic heterocycles. The van der Waals surface area contributed by atoms with Crippen molar-refractivity contribution in [2.45, 2.75) is 45.4 Å². The number of unbranched alkanes of at least 4 members (excludes halogenated alkanes) is 5. The summed E-state index contributed by atoms with van der Waals surface area (Å²) >= 11 is 1.36.